The van der Waals surface area contributed by atoms with Crippen molar-refractivity contribution in [3.63, 3.8) is 0 Å². The normalized spacial score (nSPS) is 10.8. The number of carbonyl (C=O) groups is 5. The predicted octanol–water partition coefficient (Wildman–Crippen LogP) is 2.88. The summed E-state index contributed by atoms with van der Waals surface area (Å²) in [6.45, 7) is 10.6. The van der Waals surface area contributed by atoms with Crippen LogP contribution in [0.1, 0.15) is 66.2 Å². The van der Waals surface area contributed by atoms with Crippen molar-refractivity contribution >= 4 is 29.8 Å². The van der Waals surface area contributed by atoms with Crippen LogP contribution in [-0.2, 0) is 61.9 Å². The van der Waals surface area contributed by atoms with Crippen molar-refractivity contribution in [1.82, 2.24) is 0 Å². The minimum Gasteiger partial charge on any atom is -0.481 e. The van der Waals surface area contributed by atoms with Gasteiger partial charge in [0.05, 0.1) is 52.8 Å². The van der Waals surface area contributed by atoms with Gasteiger partial charge in [-0.05, 0) is 20.3 Å². The van der Waals surface area contributed by atoms with Crippen LogP contribution >= 0.6 is 0 Å². The molecule has 3 N–H and O–H groups in total. The first-order valence-corrected chi connectivity index (χ1v) is 14.4. The Morgan fingerprint density at radius 3 is 1.42 bits per heavy atom. The Labute approximate surface area is 267 Å². The number of esters is 2. The molecule has 0 saturated heterocycles. The zero-order valence-corrected chi connectivity index (χ0v) is 28.5. The molecule has 0 aromatic rings. The molecule has 0 radical (unpaired) electrons. The molecule has 270 valence electrons. The predicted molar refractivity (Wildman–Crippen MR) is 163 cm³/mol. The van der Waals surface area contributed by atoms with Crippen molar-refractivity contribution in [2.24, 2.45) is 5.92 Å². The first kappa shape index (κ1) is 51.7. The summed E-state index contributed by atoms with van der Waals surface area (Å²) in [7, 11) is 7.40. The van der Waals surface area contributed by atoms with Gasteiger partial charge in [-0.2, -0.15) is 0 Å². The maximum absolute atomic E-state index is 10.6. The number of rotatable bonds is 21. The third kappa shape index (κ3) is 51.0. The van der Waals surface area contributed by atoms with E-state index in [2.05, 4.69) is 14.2 Å². The molecule has 0 spiro atoms. The van der Waals surface area contributed by atoms with Crippen LogP contribution in [0.2, 0.25) is 0 Å². The molecule has 0 aliphatic heterocycles. The van der Waals surface area contributed by atoms with Crippen LogP contribution < -0.4 is 0 Å². The summed E-state index contributed by atoms with van der Waals surface area (Å²) in [6, 6.07) is 0. The second kappa shape index (κ2) is 43.2. The summed E-state index contributed by atoms with van der Waals surface area (Å²) < 4.78 is 37.8. The van der Waals surface area contributed by atoms with Gasteiger partial charge in [-0.3, -0.25) is 24.0 Å². The summed E-state index contributed by atoms with van der Waals surface area (Å²) in [5, 5.41) is 24.7. The molecule has 0 aliphatic rings. The summed E-state index contributed by atoms with van der Waals surface area (Å²) in [4.78, 5) is 50.9. The van der Waals surface area contributed by atoms with Gasteiger partial charge in [0.25, 0.3) is 0 Å². The summed E-state index contributed by atoms with van der Waals surface area (Å²) in [6.07, 6.45) is 1.65. The Morgan fingerprint density at radius 2 is 1.13 bits per heavy atom. The van der Waals surface area contributed by atoms with Gasteiger partial charge >= 0.3 is 29.8 Å². The molecule has 0 fully saturated rings. The molecule has 0 bridgehead atoms. The van der Waals surface area contributed by atoms with Gasteiger partial charge in [0.15, 0.2) is 6.29 Å². The molecule has 0 aromatic carbocycles. The molecule has 0 aliphatic carbocycles. The van der Waals surface area contributed by atoms with Gasteiger partial charge in [0, 0.05) is 61.1 Å². The average molecular weight is 663 g/mol. The Balaban J connectivity index is -0.000000150. The fraction of sp³-hybridized carbons (Fsp3) is 0.828. The minimum atomic E-state index is -0.877. The van der Waals surface area contributed by atoms with Gasteiger partial charge in [0.1, 0.15) is 5.92 Å². The van der Waals surface area contributed by atoms with E-state index in [9.17, 15) is 24.0 Å². The van der Waals surface area contributed by atoms with Crippen LogP contribution in [0.25, 0.3) is 0 Å². The maximum atomic E-state index is 10.6. The minimum absolute atomic E-state index is 0.0938. The van der Waals surface area contributed by atoms with Gasteiger partial charge in [-0.15, -0.1) is 0 Å². The Hall–Kier alpha value is -2.89. The monoisotopic (exact) mass is 662 g/mol. The van der Waals surface area contributed by atoms with Crippen molar-refractivity contribution in [2.75, 3.05) is 81.8 Å². The lowest BCUT2D eigenvalue weighted by molar-refractivity contribution is -0.178. The largest absolute Gasteiger partial charge is 0.481 e. The third-order valence-electron chi connectivity index (χ3n) is 4.62. The van der Waals surface area contributed by atoms with E-state index in [0.29, 0.717) is 65.5 Å². The van der Waals surface area contributed by atoms with Crippen molar-refractivity contribution in [3.8, 4) is 0 Å². The van der Waals surface area contributed by atoms with Crippen LogP contribution in [0.4, 0.5) is 0 Å². The number of carboxylic acid groups (broad SMARTS) is 3. The van der Waals surface area contributed by atoms with Gasteiger partial charge < -0.3 is 53.2 Å². The van der Waals surface area contributed by atoms with Gasteiger partial charge in [-0.25, -0.2) is 0 Å². The molecule has 45 heavy (non-hydrogen) atoms. The third-order valence-corrected chi connectivity index (χ3v) is 4.62. The zero-order chi connectivity index (χ0) is 35.9. The van der Waals surface area contributed by atoms with Crippen LogP contribution in [0, 0.1) is 5.92 Å². The second-order valence-corrected chi connectivity index (χ2v) is 8.13. The fourth-order valence-corrected chi connectivity index (χ4v) is 2.27. The highest BCUT2D eigenvalue weighted by molar-refractivity contribution is 5.70. The second-order valence-electron chi connectivity index (χ2n) is 8.13. The number of hydrogen-bond donors (Lipinski definition) is 3. The SMILES string of the molecule is CCC(=O)OCCCOC.CCOC(OC)C(CC)C(=O)O.CCOCCC(=O)OC.COCCC(=O)O.COCCC(=O)O. The molecule has 0 heterocycles. The van der Waals surface area contributed by atoms with Crippen molar-refractivity contribution in [3.05, 3.63) is 0 Å². The Bertz CT molecular complexity index is 669. The standard InChI is InChI=1S/C8H16O4.C7H14O3.C6H12O3.2C4H8O3/c1-4-6(7(9)10)8(11-3)12-5-2;1-3-7(8)10-6-4-5-9-2;1-3-9-5-4-6(7)8-2;2*1-7-3-2-4(5)6/h6,8H,4-5H2,1-3H3,(H,9,10);3-6H2,1-2H3;3-5H2,1-2H3;2*2-3H2,1H3,(H,5,6). The number of carboxylic acids is 3. The van der Waals surface area contributed by atoms with E-state index < -0.39 is 30.1 Å². The molecule has 0 saturated carbocycles. The van der Waals surface area contributed by atoms with E-state index in [4.69, 9.17) is 39.0 Å². The lowest BCUT2D eigenvalue weighted by atomic mass is 10.1. The first-order chi connectivity index (χ1) is 21.3. The molecule has 0 aromatic heterocycles. The van der Waals surface area contributed by atoms with Gasteiger partial charge in [-0.1, -0.05) is 13.8 Å². The first-order valence-electron chi connectivity index (χ1n) is 14.4. The topological polar surface area (TPSA) is 220 Å². The smallest absolute Gasteiger partial charge is 0.311 e. The molecule has 16 heteroatoms. The molecule has 0 rings (SSSR count). The van der Waals surface area contributed by atoms with Crippen molar-refractivity contribution < 1.29 is 77.2 Å². The lowest BCUT2D eigenvalue weighted by Gasteiger charge is -2.20. The summed E-state index contributed by atoms with van der Waals surface area (Å²) in [5.41, 5.74) is 0. The lowest BCUT2D eigenvalue weighted by Crippen LogP contribution is -2.31. The molecule has 2 atom stereocenters. The number of carbonyl (C=O) groups excluding carboxylic acids is 2. The average Bonchev–Trinajstić information content (AvgIpc) is 3.01. The van der Waals surface area contributed by atoms with E-state index in [1.807, 2.05) is 6.92 Å². The van der Waals surface area contributed by atoms with Crippen molar-refractivity contribution in [2.45, 2.75) is 72.5 Å². The molecule has 0 amide bonds. The Morgan fingerprint density at radius 1 is 0.622 bits per heavy atom. The van der Waals surface area contributed by atoms with E-state index in [-0.39, 0.29) is 24.8 Å². The highest BCUT2D eigenvalue weighted by atomic mass is 16.7. The molecule has 2 unspecified atom stereocenters. The van der Waals surface area contributed by atoms with E-state index in [0.717, 1.165) is 6.42 Å². The molecular formula is C29H58O16. The summed E-state index contributed by atoms with van der Waals surface area (Å²) >= 11 is 0. The molecular weight excluding hydrogens is 604 g/mol. The zero-order valence-electron chi connectivity index (χ0n) is 28.5. The summed E-state index contributed by atoms with van der Waals surface area (Å²) in [5.74, 6) is -3.45. The van der Waals surface area contributed by atoms with Crippen LogP contribution in [0.5, 0.6) is 0 Å². The molecule has 16 nitrogen and oxygen atoms in total. The van der Waals surface area contributed by atoms with Crippen molar-refractivity contribution in [1.29, 1.82) is 0 Å². The highest BCUT2D eigenvalue weighted by Crippen LogP contribution is 2.13. The van der Waals surface area contributed by atoms with Crippen LogP contribution in [-0.4, -0.2) is 133 Å². The fourth-order valence-electron chi connectivity index (χ4n) is 2.27. The highest BCUT2D eigenvalue weighted by Gasteiger charge is 2.26. The number of ether oxygens (including phenoxy) is 8. The van der Waals surface area contributed by atoms with Gasteiger partial charge in [0.2, 0.25) is 0 Å². The van der Waals surface area contributed by atoms with Crippen LogP contribution in [0.15, 0.2) is 0 Å². The quantitative estimate of drug-likeness (QED) is 0.0913. The van der Waals surface area contributed by atoms with E-state index >= 15 is 0 Å². The number of hydrogen-bond acceptors (Lipinski definition) is 13. The van der Waals surface area contributed by atoms with Crippen LogP contribution in [0.3, 0.4) is 0 Å². The number of methoxy groups -OCH3 is 5. The number of aliphatic carboxylic acids is 3. The maximum Gasteiger partial charge on any atom is 0.311 e. The van der Waals surface area contributed by atoms with E-state index in [1.54, 1.807) is 27.9 Å². The Kier molecular flexibility index (Phi) is 49.7. The van der Waals surface area contributed by atoms with E-state index in [1.165, 1.54) is 28.4 Å².